The Balaban J connectivity index is 1.59. The largest absolute Gasteiger partial charge is 0.363 e. The van der Waals surface area contributed by atoms with Crippen LogP contribution >= 0.6 is 0 Å². The first-order valence-corrected chi connectivity index (χ1v) is 10.9. The molecule has 0 radical (unpaired) electrons. The van der Waals surface area contributed by atoms with Crippen molar-refractivity contribution in [3.8, 4) is 17.1 Å². The highest BCUT2D eigenvalue weighted by Crippen LogP contribution is 2.23. The average molecular weight is 436 g/mol. The number of aromatic nitrogens is 4. The SMILES string of the molecule is CN(C)c1ccc(Cc2nc3c(Cc4ccccc4)[nH]c(-c4ccccc4)cn-3c2=O)cn1. The van der Waals surface area contributed by atoms with Crippen LogP contribution in [0.25, 0.3) is 17.1 Å². The van der Waals surface area contributed by atoms with Crippen molar-refractivity contribution in [2.75, 3.05) is 19.0 Å². The van der Waals surface area contributed by atoms with Crippen LogP contribution < -0.4 is 10.5 Å². The summed E-state index contributed by atoms with van der Waals surface area (Å²) < 4.78 is 1.67. The molecule has 6 heteroatoms. The van der Waals surface area contributed by atoms with Crippen LogP contribution in [0.15, 0.2) is 90.0 Å². The van der Waals surface area contributed by atoms with Gasteiger partial charge < -0.3 is 9.88 Å². The number of nitrogens with one attached hydrogen (secondary N) is 1. The van der Waals surface area contributed by atoms with E-state index in [9.17, 15) is 4.79 Å². The minimum atomic E-state index is -0.0952. The molecule has 0 bridgehead atoms. The second-order valence-corrected chi connectivity index (χ2v) is 8.33. The number of imidazole rings is 1. The first-order valence-electron chi connectivity index (χ1n) is 10.9. The molecule has 2 aromatic carbocycles. The zero-order valence-corrected chi connectivity index (χ0v) is 18.7. The predicted molar refractivity (Wildman–Crippen MR) is 131 cm³/mol. The monoisotopic (exact) mass is 435 g/mol. The topological polar surface area (TPSA) is 66.8 Å². The summed E-state index contributed by atoms with van der Waals surface area (Å²) in [5, 5.41) is 0. The molecule has 1 N–H and O–H groups in total. The number of rotatable bonds is 6. The van der Waals surface area contributed by atoms with E-state index in [0.717, 1.165) is 33.9 Å². The van der Waals surface area contributed by atoms with Crippen LogP contribution in [0.4, 0.5) is 5.82 Å². The van der Waals surface area contributed by atoms with Gasteiger partial charge in [-0.2, -0.15) is 0 Å². The van der Waals surface area contributed by atoms with E-state index in [1.807, 2.05) is 92.1 Å². The molecular formula is C27H25N5O. The van der Waals surface area contributed by atoms with Gasteiger partial charge in [-0.15, -0.1) is 0 Å². The Morgan fingerprint density at radius 2 is 1.61 bits per heavy atom. The van der Waals surface area contributed by atoms with E-state index in [0.29, 0.717) is 24.4 Å². The molecular weight excluding hydrogens is 410 g/mol. The Hall–Kier alpha value is -4.19. The van der Waals surface area contributed by atoms with Gasteiger partial charge in [0.1, 0.15) is 11.5 Å². The minimum Gasteiger partial charge on any atom is -0.363 e. The van der Waals surface area contributed by atoms with E-state index < -0.39 is 0 Å². The van der Waals surface area contributed by atoms with E-state index in [-0.39, 0.29) is 5.56 Å². The molecule has 0 spiro atoms. The van der Waals surface area contributed by atoms with Crippen molar-refractivity contribution >= 4 is 5.82 Å². The third kappa shape index (κ3) is 4.28. The molecule has 6 nitrogen and oxygen atoms in total. The summed E-state index contributed by atoms with van der Waals surface area (Å²) in [5.41, 5.74) is 5.34. The van der Waals surface area contributed by atoms with Gasteiger partial charge in [0.2, 0.25) is 0 Å². The van der Waals surface area contributed by atoms with Crippen molar-refractivity contribution in [3.05, 3.63) is 118 Å². The zero-order chi connectivity index (χ0) is 22.8. The molecule has 5 rings (SSSR count). The van der Waals surface area contributed by atoms with Crippen LogP contribution in [-0.4, -0.2) is 33.6 Å². The highest BCUT2D eigenvalue weighted by atomic mass is 16.1. The van der Waals surface area contributed by atoms with Crippen molar-refractivity contribution in [1.29, 1.82) is 0 Å². The van der Waals surface area contributed by atoms with Crippen LogP contribution in [0.5, 0.6) is 0 Å². The molecule has 3 aromatic rings. The molecule has 0 saturated carbocycles. The van der Waals surface area contributed by atoms with E-state index in [1.165, 1.54) is 0 Å². The van der Waals surface area contributed by atoms with Crippen molar-refractivity contribution in [1.82, 2.24) is 19.5 Å². The van der Waals surface area contributed by atoms with E-state index in [4.69, 9.17) is 4.98 Å². The first-order chi connectivity index (χ1) is 16.1. The van der Waals surface area contributed by atoms with Crippen LogP contribution in [0.1, 0.15) is 22.5 Å². The van der Waals surface area contributed by atoms with Crippen LogP contribution in [0, 0.1) is 0 Å². The van der Waals surface area contributed by atoms with Crippen molar-refractivity contribution in [2.24, 2.45) is 0 Å². The molecule has 0 unspecified atom stereocenters. The molecule has 3 heterocycles. The molecule has 0 atom stereocenters. The number of H-pyrrole nitrogens is 1. The zero-order valence-electron chi connectivity index (χ0n) is 18.7. The van der Waals surface area contributed by atoms with Crippen molar-refractivity contribution in [2.45, 2.75) is 12.8 Å². The molecule has 2 aliphatic rings. The highest BCUT2D eigenvalue weighted by Gasteiger charge is 2.20. The minimum absolute atomic E-state index is 0.0952. The molecule has 164 valence electrons. The van der Waals surface area contributed by atoms with Crippen molar-refractivity contribution < 1.29 is 0 Å². The summed E-state index contributed by atoms with van der Waals surface area (Å²) in [6.45, 7) is 0. The standard InChI is InChI=1S/C27H25N5O/c1-31(2)25-14-13-20(17-28-25)16-23-27(33)32-18-24(21-11-7-4-8-12-21)29-22(26(32)30-23)15-19-9-5-3-6-10-19/h3-14,17-18,29H,15-16H2,1-2H3. The van der Waals surface area contributed by atoms with E-state index >= 15 is 0 Å². The van der Waals surface area contributed by atoms with Gasteiger partial charge in [0, 0.05) is 39.3 Å². The summed E-state index contributed by atoms with van der Waals surface area (Å²) in [6.07, 6.45) is 4.75. The quantitative estimate of drug-likeness (QED) is 0.432. The molecule has 0 saturated heterocycles. The Labute approximate surface area is 192 Å². The summed E-state index contributed by atoms with van der Waals surface area (Å²) in [4.78, 5) is 28.1. The third-order valence-electron chi connectivity index (χ3n) is 5.70. The number of aromatic amines is 1. The van der Waals surface area contributed by atoms with E-state index in [2.05, 4.69) is 22.1 Å². The Morgan fingerprint density at radius 3 is 2.27 bits per heavy atom. The highest BCUT2D eigenvalue weighted by molar-refractivity contribution is 5.60. The molecule has 0 fully saturated rings. The normalized spacial score (nSPS) is 11.1. The number of hydrogen-bond acceptors (Lipinski definition) is 4. The Kier molecular flexibility index (Phi) is 5.48. The molecule has 0 aliphatic carbocycles. The number of hydrogen-bond donors (Lipinski definition) is 1. The molecule has 2 aliphatic heterocycles. The number of fused-ring (bicyclic) bond motifs is 1. The van der Waals surface area contributed by atoms with Gasteiger partial charge in [-0.3, -0.25) is 9.36 Å². The second-order valence-electron chi connectivity index (χ2n) is 8.33. The van der Waals surface area contributed by atoms with Gasteiger partial charge in [-0.25, -0.2) is 9.97 Å². The van der Waals surface area contributed by atoms with Crippen LogP contribution in [0.3, 0.4) is 0 Å². The smallest absolute Gasteiger partial charge is 0.278 e. The van der Waals surface area contributed by atoms with Gasteiger partial charge in [-0.1, -0.05) is 66.7 Å². The average Bonchev–Trinajstić information content (AvgIpc) is 3.16. The lowest BCUT2D eigenvalue weighted by atomic mass is 10.1. The summed E-state index contributed by atoms with van der Waals surface area (Å²) in [7, 11) is 3.91. The third-order valence-corrected chi connectivity index (χ3v) is 5.70. The molecule has 1 aromatic heterocycles. The van der Waals surface area contributed by atoms with Gasteiger partial charge in [0.15, 0.2) is 5.82 Å². The number of nitrogens with zero attached hydrogens (tertiary/aromatic N) is 4. The van der Waals surface area contributed by atoms with Crippen molar-refractivity contribution in [3.63, 3.8) is 0 Å². The summed E-state index contributed by atoms with van der Waals surface area (Å²) >= 11 is 0. The maximum atomic E-state index is 13.4. The number of pyridine rings is 1. The molecule has 33 heavy (non-hydrogen) atoms. The lowest BCUT2D eigenvalue weighted by Gasteiger charge is -2.13. The second kappa shape index (κ2) is 8.74. The van der Waals surface area contributed by atoms with Gasteiger partial charge >= 0.3 is 0 Å². The van der Waals surface area contributed by atoms with Crippen LogP contribution in [-0.2, 0) is 12.8 Å². The maximum absolute atomic E-state index is 13.4. The Bertz CT molecular complexity index is 1390. The fourth-order valence-electron chi connectivity index (χ4n) is 3.96. The Morgan fingerprint density at radius 1 is 0.879 bits per heavy atom. The predicted octanol–water partition coefficient (Wildman–Crippen LogP) is 4.31. The van der Waals surface area contributed by atoms with Crippen LogP contribution in [0.2, 0.25) is 0 Å². The first kappa shape index (κ1) is 20.7. The maximum Gasteiger partial charge on any atom is 0.278 e. The summed E-state index contributed by atoms with van der Waals surface area (Å²) in [5.74, 6) is 1.54. The molecule has 0 amide bonds. The van der Waals surface area contributed by atoms with E-state index in [1.54, 1.807) is 4.57 Å². The van der Waals surface area contributed by atoms with Gasteiger partial charge in [-0.05, 0) is 22.8 Å². The lowest BCUT2D eigenvalue weighted by molar-refractivity contribution is 0.914. The van der Waals surface area contributed by atoms with Gasteiger partial charge in [0.05, 0.1) is 11.4 Å². The van der Waals surface area contributed by atoms with Gasteiger partial charge in [0.25, 0.3) is 5.56 Å². The number of benzene rings is 2. The fourth-order valence-corrected chi connectivity index (χ4v) is 3.96. The fraction of sp³-hybridized carbons (Fsp3) is 0.148. The number of anilines is 1. The summed E-state index contributed by atoms with van der Waals surface area (Å²) in [6, 6.07) is 24.2. The lowest BCUT2D eigenvalue weighted by Crippen LogP contribution is -2.18.